The number of ether oxygens (including phenoxy) is 2. The van der Waals surface area contributed by atoms with Crippen molar-refractivity contribution >= 4 is 11.9 Å². The van der Waals surface area contributed by atoms with Crippen LogP contribution in [0, 0.1) is 21.7 Å². The van der Waals surface area contributed by atoms with Gasteiger partial charge in [-0.3, -0.25) is 14.6 Å². The van der Waals surface area contributed by atoms with E-state index in [0.29, 0.717) is 23.7 Å². The Labute approximate surface area is 320 Å². The van der Waals surface area contributed by atoms with Gasteiger partial charge in [0.15, 0.2) is 5.66 Å². The van der Waals surface area contributed by atoms with Crippen LogP contribution in [0.2, 0.25) is 0 Å². The number of unbranched alkanes of at least 4 members (excludes halogenated alkanes) is 4. The summed E-state index contributed by atoms with van der Waals surface area (Å²) in [5.74, 6) is -1.48. The van der Waals surface area contributed by atoms with Gasteiger partial charge in [0, 0.05) is 32.6 Å². The number of nitrogens with zero attached hydrogens (tertiary/aromatic N) is 2. The molecule has 52 heavy (non-hydrogen) atoms. The number of carbonyl (C=O) groups is 2. The van der Waals surface area contributed by atoms with Crippen molar-refractivity contribution in [2.24, 2.45) is 21.7 Å². The molecule has 2 fully saturated rings. The number of hydrogen-bond donors (Lipinski definition) is 2. The van der Waals surface area contributed by atoms with E-state index in [9.17, 15) is 14.7 Å². The van der Waals surface area contributed by atoms with E-state index in [0.717, 1.165) is 104 Å². The second-order valence-electron chi connectivity index (χ2n) is 19.8. The van der Waals surface area contributed by atoms with Gasteiger partial charge in [0.2, 0.25) is 0 Å². The zero-order chi connectivity index (χ0) is 39.1. The van der Waals surface area contributed by atoms with Crippen molar-refractivity contribution < 1.29 is 29.3 Å². The number of carboxylic acid groups (broad SMARTS) is 2. The molecule has 306 valence electrons. The van der Waals surface area contributed by atoms with Crippen LogP contribution in [0.5, 0.6) is 0 Å². The topological polar surface area (TPSA) is 99.5 Å². The van der Waals surface area contributed by atoms with Crippen molar-refractivity contribution in [3.05, 3.63) is 0 Å². The van der Waals surface area contributed by atoms with Crippen LogP contribution in [0.15, 0.2) is 0 Å². The summed E-state index contributed by atoms with van der Waals surface area (Å²) in [6.07, 6.45) is 18.4. The third kappa shape index (κ3) is 16.7. The molecule has 0 atom stereocenters. The highest BCUT2D eigenvalue weighted by molar-refractivity contribution is 5.78. The van der Waals surface area contributed by atoms with Crippen molar-refractivity contribution in [2.45, 2.75) is 209 Å². The van der Waals surface area contributed by atoms with E-state index in [1.807, 2.05) is 0 Å². The first-order valence-corrected chi connectivity index (χ1v) is 21.4. The number of aliphatic carboxylic acids is 2. The van der Waals surface area contributed by atoms with Gasteiger partial charge in [-0.1, -0.05) is 114 Å². The molecule has 0 bridgehead atoms. The first kappa shape index (κ1) is 46.9. The van der Waals surface area contributed by atoms with E-state index in [2.05, 4.69) is 79.0 Å². The third-order valence-corrected chi connectivity index (χ3v) is 12.9. The standard InChI is InChI=1S/C44H84N2O6/c1-11-40(3,4)25-18-27-42(7,8)34-51-36-21-30-45(31-22-36)44(39(49)50,29-17-15-13-14-16-20-38(47)48)46-32-23-37(24-33-46)52-35-43(9,10)28-19-26-41(5,6)12-2/h36-37H,11-35H2,1-10H3,(H,47,48)(H,49,50). The van der Waals surface area contributed by atoms with Crippen LogP contribution in [0.4, 0.5) is 0 Å². The number of likely N-dealkylation sites (tertiary alicyclic amines) is 2. The van der Waals surface area contributed by atoms with Crippen LogP contribution in [-0.4, -0.2) is 89.2 Å². The summed E-state index contributed by atoms with van der Waals surface area (Å²) < 4.78 is 13.1. The smallest absolute Gasteiger partial charge is 0.339 e. The Morgan fingerprint density at radius 2 is 0.904 bits per heavy atom. The van der Waals surface area contributed by atoms with Crippen molar-refractivity contribution in [1.82, 2.24) is 9.80 Å². The largest absolute Gasteiger partial charge is 0.481 e. The molecule has 0 aromatic rings. The fraction of sp³-hybridized carbons (Fsp3) is 0.955. The molecule has 8 nitrogen and oxygen atoms in total. The van der Waals surface area contributed by atoms with Crippen molar-refractivity contribution in [3.8, 4) is 0 Å². The molecule has 0 aromatic heterocycles. The molecule has 2 N–H and O–H groups in total. The summed E-state index contributed by atoms with van der Waals surface area (Å²) in [5.41, 5.74) is 0.0120. The first-order valence-electron chi connectivity index (χ1n) is 21.4. The molecule has 2 aliphatic rings. The van der Waals surface area contributed by atoms with Gasteiger partial charge in [-0.2, -0.15) is 0 Å². The maximum absolute atomic E-state index is 13.5. The predicted octanol–water partition coefficient (Wildman–Crippen LogP) is 10.8. The minimum Gasteiger partial charge on any atom is -0.481 e. The van der Waals surface area contributed by atoms with Crippen LogP contribution >= 0.6 is 0 Å². The summed E-state index contributed by atoms with van der Waals surface area (Å²) in [4.78, 5) is 29.0. The first-order chi connectivity index (χ1) is 24.3. The van der Waals surface area contributed by atoms with E-state index in [4.69, 9.17) is 14.6 Å². The molecular weight excluding hydrogens is 652 g/mol. The Balaban J connectivity index is 2.01. The Hall–Kier alpha value is -1.22. The molecule has 0 radical (unpaired) electrons. The number of hydrogen-bond acceptors (Lipinski definition) is 6. The molecule has 8 heteroatoms. The van der Waals surface area contributed by atoms with Crippen LogP contribution in [0.3, 0.4) is 0 Å². The fourth-order valence-electron chi connectivity index (χ4n) is 8.13. The zero-order valence-corrected chi connectivity index (χ0v) is 35.8. The zero-order valence-electron chi connectivity index (χ0n) is 35.8. The van der Waals surface area contributed by atoms with Gasteiger partial charge in [0.1, 0.15) is 0 Å². The molecule has 0 saturated carbocycles. The predicted molar refractivity (Wildman–Crippen MR) is 215 cm³/mol. The molecule has 0 unspecified atom stereocenters. The lowest BCUT2D eigenvalue weighted by molar-refractivity contribution is -0.180. The Kier molecular flexibility index (Phi) is 19.6. The number of carboxylic acids is 2. The maximum atomic E-state index is 13.5. The fourth-order valence-corrected chi connectivity index (χ4v) is 8.13. The molecule has 0 aliphatic carbocycles. The molecule has 0 amide bonds. The average molecular weight is 737 g/mol. The SMILES string of the molecule is CCC(C)(C)CCCC(C)(C)COC1CCN(C(CCCCCCCC(=O)O)(C(=O)O)N2CCC(OCC(C)(C)CCCC(C)(C)CC)CC2)CC1. The highest BCUT2D eigenvalue weighted by Gasteiger charge is 2.50. The molecule has 2 rings (SSSR count). The summed E-state index contributed by atoms with van der Waals surface area (Å²) in [5, 5.41) is 20.1. The average Bonchev–Trinajstić information content (AvgIpc) is 3.08. The van der Waals surface area contributed by atoms with Gasteiger partial charge in [0.05, 0.1) is 25.4 Å². The Bertz CT molecular complexity index is 966. The van der Waals surface area contributed by atoms with Gasteiger partial charge >= 0.3 is 11.9 Å². The molecule has 2 aliphatic heterocycles. The van der Waals surface area contributed by atoms with Gasteiger partial charge in [-0.25, -0.2) is 4.79 Å². The monoisotopic (exact) mass is 737 g/mol. The lowest BCUT2D eigenvalue weighted by Gasteiger charge is -2.52. The van der Waals surface area contributed by atoms with Gasteiger partial charge in [-0.05, 0) is 92.3 Å². The molecule has 0 aromatic carbocycles. The van der Waals surface area contributed by atoms with Gasteiger partial charge in [0.25, 0.3) is 0 Å². The number of rotatable bonds is 27. The van der Waals surface area contributed by atoms with Crippen LogP contribution in [-0.2, 0) is 19.1 Å². The van der Waals surface area contributed by atoms with E-state index >= 15 is 0 Å². The normalized spacial score (nSPS) is 18.3. The van der Waals surface area contributed by atoms with Crippen LogP contribution in [0.25, 0.3) is 0 Å². The second-order valence-corrected chi connectivity index (χ2v) is 19.8. The summed E-state index contributed by atoms with van der Waals surface area (Å²) in [6.45, 7) is 27.7. The highest BCUT2D eigenvalue weighted by Crippen LogP contribution is 2.37. The van der Waals surface area contributed by atoms with Crippen LogP contribution < -0.4 is 0 Å². The van der Waals surface area contributed by atoms with Crippen molar-refractivity contribution in [3.63, 3.8) is 0 Å². The van der Waals surface area contributed by atoms with E-state index in [-0.39, 0.29) is 29.5 Å². The molecule has 0 spiro atoms. The lowest BCUT2D eigenvalue weighted by atomic mass is 9.80. The third-order valence-electron chi connectivity index (χ3n) is 12.9. The van der Waals surface area contributed by atoms with Crippen molar-refractivity contribution in [2.75, 3.05) is 39.4 Å². The Morgan fingerprint density at radius 3 is 1.27 bits per heavy atom. The maximum Gasteiger partial charge on any atom is 0.339 e. The summed E-state index contributed by atoms with van der Waals surface area (Å²) in [6, 6.07) is 0. The second kappa shape index (κ2) is 21.8. The molecule has 2 heterocycles. The van der Waals surface area contributed by atoms with E-state index in [1.165, 1.54) is 38.5 Å². The van der Waals surface area contributed by atoms with Crippen LogP contribution in [0.1, 0.15) is 191 Å². The minimum atomic E-state index is -1.03. The van der Waals surface area contributed by atoms with E-state index in [1.54, 1.807) is 0 Å². The quantitative estimate of drug-likeness (QED) is 0.0804. The van der Waals surface area contributed by atoms with Crippen molar-refractivity contribution in [1.29, 1.82) is 0 Å². The van der Waals surface area contributed by atoms with Gasteiger partial charge in [-0.15, -0.1) is 0 Å². The summed E-state index contributed by atoms with van der Waals surface area (Å²) in [7, 11) is 0. The number of piperidine rings is 2. The van der Waals surface area contributed by atoms with Gasteiger partial charge < -0.3 is 19.7 Å². The molecule has 2 saturated heterocycles. The minimum absolute atomic E-state index is 0.129. The Morgan fingerprint density at radius 1 is 0.538 bits per heavy atom. The summed E-state index contributed by atoms with van der Waals surface area (Å²) >= 11 is 0. The van der Waals surface area contributed by atoms with E-state index < -0.39 is 17.6 Å². The highest BCUT2D eigenvalue weighted by atomic mass is 16.5. The molecular formula is C44H84N2O6. The lowest BCUT2D eigenvalue weighted by Crippen LogP contribution is -2.68.